The summed E-state index contributed by atoms with van der Waals surface area (Å²) in [5.74, 6) is 0. The second kappa shape index (κ2) is 4.86. The van der Waals surface area contributed by atoms with Crippen LogP contribution in [0.25, 0.3) is 0 Å². The van der Waals surface area contributed by atoms with E-state index in [9.17, 15) is 0 Å². The van der Waals surface area contributed by atoms with Gasteiger partial charge in [0.05, 0.1) is 0 Å². The number of anilines is 1. The van der Waals surface area contributed by atoms with Crippen molar-refractivity contribution in [2.24, 2.45) is 0 Å². The Balaban J connectivity index is 1.75. The van der Waals surface area contributed by atoms with Crippen molar-refractivity contribution in [2.45, 2.75) is 45.2 Å². The quantitative estimate of drug-likeness (QED) is 0.920. The molecule has 1 saturated heterocycles. The zero-order valence-electron chi connectivity index (χ0n) is 11.2. The Labute approximate surface area is 118 Å². The van der Waals surface area contributed by atoms with E-state index in [1.54, 1.807) is 0 Å². The zero-order valence-corrected chi connectivity index (χ0v) is 12.8. The van der Waals surface area contributed by atoms with Crippen LogP contribution in [0, 0.1) is 13.8 Å². The Morgan fingerprint density at radius 1 is 1.11 bits per heavy atom. The van der Waals surface area contributed by atoms with Gasteiger partial charge in [-0.3, -0.25) is 0 Å². The number of rotatable bonds is 3. The van der Waals surface area contributed by atoms with Crippen LogP contribution in [-0.2, 0) is 0 Å². The van der Waals surface area contributed by atoms with Crippen LogP contribution in [-0.4, -0.2) is 25.2 Å². The summed E-state index contributed by atoms with van der Waals surface area (Å²) >= 11 is 3.58. The summed E-state index contributed by atoms with van der Waals surface area (Å²) in [7, 11) is 0. The molecule has 0 spiro atoms. The van der Waals surface area contributed by atoms with Gasteiger partial charge in [-0.1, -0.05) is 15.9 Å². The molecule has 2 fully saturated rings. The van der Waals surface area contributed by atoms with Gasteiger partial charge in [0.1, 0.15) is 0 Å². The molecule has 0 bridgehead atoms. The van der Waals surface area contributed by atoms with Gasteiger partial charge in [0.2, 0.25) is 0 Å². The van der Waals surface area contributed by atoms with Gasteiger partial charge in [-0.05, 0) is 56.4 Å². The van der Waals surface area contributed by atoms with Crippen molar-refractivity contribution in [3.05, 3.63) is 27.7 Å². The molecule has 1 N–H and O–H groups in total. The number of nitrogens with zero attached hydrogens (tertiary/aromatic N) is 1. The highest BCUT2D eigenvalue weighted by atomic mass is 79.9. The molecule has 0 aromatic heterocycles. The molecular formula is C15H21BrN2. The van der Waals surface area contributed by atoms with Gasteiger partial charge < -0.3 is 10.2 Å². The van der Waals surface area contributed by atoms with E-state index in [0.29, 0.717) is 6.04 Å². The molecule has 0 amide bonds. The second-order valence-electron chi connectivity index (χ2n) is 5.76. The minimum atomic E-state index is 0.694. The summed E-state index contributed by atoms with van der Waals surface area (Å²) in [4.78, 5) is 2.55. The molecule has 2 nitrogen and oxygen atoms in total. The van der Waals surface area contributed by atoms with Crippen LogP contribution in [0.1, 0.15) is 30.4 Å². The van der Waals surface area contributed by atoms with Crippen molar-refractivity contribution in [3.63, 3.8) is 0 Å². The molecule has 1 aliphatic heterocycles. The van der Waals surface area contributed by atoms with Gasteiger partial charge in [-0.25, -0.2) is 0 Å². The molecule has 1 aromatic carbocycles. The molecule has 1 aliphatic carbocycles. The molecule has 1 heterocycles. The molecule has 3 rings (SSSR count). The van der Waals surface area contributed by atoms with Crippen molar-refractivity contribution in [1.82, 2.24) is 5.32 Å². The van der Waals surface area contributed by atoms with Crippen LogP contribution in [0.5, 0.6) is 0 Å². The largest absolute Gasteiger partial charge is 0.369 e. The Hall–Kier alpha value is -0.540. The summed E-state index contributed by atoms with van der Waals surface area (Å²) < 4.78 is 1.19. The molecule has 0 radical (unpaired) electrons. The van der Waals surface area contributed by atoms with E-state index < -0.39 is 0 Å². The maximum atomic E-state index is 3.75. The fourth-order valence-corrected chi connectivity index (χ4v) is 3.77. The first-order chi connectivity index (χ1) is 8.63. The summed E-state index contributed by atoms with van der Waals surface area (Å²) in [6.07, 6.45) is 4.05. The molecule has 1 atom stereocenters. The molecule has 1 unspecified atom stereocenters. The fourth-order valence-electron chi connectivity index (χ4n) is 3.08. The maximum Gasteiger partial charge on any atom is 0.0426 e. The first-order valence-corrected chi connectivity index (χ1v) is 7.70. The van der Waals surface area contributed by atoms with E-state index >= 15 is 0 Å². The molecule has 3 heteroatoms. The Kier molecular flexibility index (Phi) is 3.37. The average Bonchev–Trinajstić information content (AvgIpc) is 2.96. The van der Waals surface area contributed by atoms with E-state index in [-0.39, 0.29) is 0 Å². The van der Waals surface area contributed by atoms with E-state index in [1.165, 1.54) is 53.6 Å². The minimum absolute atomic E-state index is 0.694. The van der Waals surface area contributed by atoms with Gasteiger partial charge in [0.25, 0.3) is 0 Å². The zero-order chi connectivity index (χ0) is 12.7. The predicted octanol–water partition coefficient (Wildman–Crippen LogP) is 3.40. The monoisotopic (exact) mass is 308 g/mol. The summed E-state index contributed by atoms with van der Waals surface area (Å²) in [5, 5.41) is 3.75. The second-order valence-corrected chi connectivity index (χ2v) is 6.68. The van der Waals surface area contributed by atoms with Crippen LogP contribution in [0.2, 0.25) is 0 Å². The molecule has 98 valence electrons. The highest BCUT2D eigenvalue weighted by molar-refractivity contribution is 9.10. The number of nitrogens with one attached hydrogen (secondary N) is 1. The number of halogens is 1. The standard InChI is InChI=1S/C15H21BrN2/c1-10-7-12(16)8-11(2)15(10)18-6-5-14(9-18)17-13-3-4-13/h7-8,13-14,17H,3-6,9H2,1-2H3. The normalized spacial score (nSPS) is 23.7. The number of hydrogen-bond acceptors (Lipinski definition) is 2. The van der Waals surface area contributed by atoms with Gasteiger partial charge in [0, 0.05) is 35.3 Å². The van der Waals surface area contributed by atoms with Crippen molar-refractivity contribution in [2.75, 3.05) is 18.0 Å². The molecule has 1 aromatic rings. The Morgan fingerprint density at radius 2 is 1.78 bits per heavy atom. The SMILES string of the molecule is Cc1cc(Br)cc(C)c1N1CCC(NC2CC2)C1. The number of benzene rings is 1. The van der Waals surface area contributed by atoms with Crippen molar-refractivity contribution in [3.8, 4) is 0 Å². The van der Waals surface area contributed by atoms with Gasteiger partial charge >= 0.3 is 0 Å². The molecular weight excluding hydrogens is 288 g/mol. The average molecular weight is 309 g/mol. The third kappa shape index (κ3) is 2.57. The smallest absolute Gasteiger partial charge is 0.0426 e. The summed E-state index contributed by atoms with van der Waals surface area (Å²) in [5.41, 5.74) is 4.21. The first kappa shape index (κ1) is 12.5. The third-order valence-electron chi connectivity index (χ3n) is 4.01. The lowest BCUT2D eigenvalue weighted by molar-refractivity contribution is 0.548. The van der Waals surface area contributed by atoms with E-state index in [2.05, 4.69) is 52.1 Å². The highest BCUT2D eigenvalue weighted by Gasteiger charge is 2.30. The summed E-state index contributed by atoms with van der Waals surface area (Å²) in [6.45, 7) is 6.79. The van der Waals surface area contributed by atoms with E-state index in [0.717, 1.165) is 6.04 Å². The number of aryl methyl sites for hydroxylation is 2. The Morgan fingerprint density at radius 3 is 2.39 bits per heavy atom. The third-order valence-corrected chi connectivity index (χ3v) is 4.47. The van der Waals surface area contributed by atoms with Gasteiger partial charge in [-0.2, -0.15) is 0 Å². The van der Waals surface area contributed by atoms with Gasteiger partial charge in [0.15, 0.2) is 0 Å². The van der Waals surface area contributed by atoms with Crippen molar-refractivity contribution in [1.29, 1.82) is 0 Å². The predicted molar refractivity (Wildman–Crippen MR) is 80.4 cm³/mol. The van der Waals surface area contributed by atoms with E-state index in [1.807, 2.05) is 0 Å². The summed E-state index contributed by atoms with van der Waals surface area (Å²) in [6, 6.07) is 5.97. The lowest BCUT2D eigenvalue weighted by Crippen LogP contribution is -2.34. The Bertz CT molecular complexity index is 431. The highest BCUT2D eigenvalue weighted by Crippen LogP contribution is 2.31. The van der Waals surface area contributed by atoms with Crippen LogP contribution >= 0.6 is 15.9 Å². The molecule has 2 aliphatic rings. The maximum absolute atomic E-state index is 3.75. The van der Waals surface area contributed by atoms with Crippen LogP contribution in [0.3, 0.4) is 0 Å². The van der Waals surface area contributed by atoms with Gasteiger partial charge in [-0.15, -0.1) is 0 Å². The lowest BCUT2D eigenvalue weighted by atomic mass is 10.1. The van der Waals surface area contributed by atoms with Crippen molar-refractivity contribution >= 4 is 21.6 Å². The van der Waals surface area contributed by atoms with Crippen molar-refractivity contribution < 1.29 is 0 Å². The van der Waals surface area contributed by atoms with Crippen LogP contribution in [0.15, 0.2) is 16.6 Å². The molecule has 18 heavy (non-hydrogen) atoms. The lowest BCUT2D eigenvalue weighted by Gasteiger charge is -2.24. The first-order valence-electron chi connectivity index (χ1n) is 6.91. The fraction of sp³-hybridized carbons (Fsp3) is 0.600. The van der Waals surface area contributed by atoms with E-state index in [4.69, 9.17) is 0 Å². The number of hydrogen-bond donors (Lipinski definition) is 1. The molecule has 1 saturated carbocycles. The minimum Gasteiger partial charge on any atom is -0.369 e. The topological polar surface area (TPSA) is 15.3 Å². The van der Waals surface area contributed by atoms with Crippen LogP contribution in [0.4, 0.5) is 5.69 Å². The van der Waals surface area contributed by atoms with Crippen LogP contribution < -0.4 is 10.2 Å².